The molecule has 1 aromatic carbocycles. The fourth-order valence-corrected chi connectivity index (χ4v) is 1.47. The van der Waals surface area contributed by atoms with Crippen LogP contribution in [-0.2, 0) is 4.74 Å². The molecule has 1 saturated heterocycles. The number of hydrogen-bond donors (Lipinski definition) is 0. The summed E-state index contributed by atoms with van der Waals surface area (Å²) >= 11 is 0. The van der Waals surface area contributed by atoms with Crippen molar-refractivity contribution in [2.45, 2.75) is 17.9 Å². The summed E-state index contributed by atoms with van der Waals surface area (Å²) in [6.07, 6.45) is -4.46. The van der Waals surface area contributed by atoms with Crippen LogP contribution in [-0.4, -0.2) is 17.9 Å². The lowest BCUT2D eigenvalue weighted by Gasteiger charge is -2.09. The molecule has 0 amide bonds. The van der Waals surface area contributed by atoms with E-state index in [1.807, 2.05) is 0 Å². The third kappa shape index (κ3) is 2.06. The zero-order valence-electron chi connectivity index (χ0n) is 8.79. The highest BCUT2D eigenvalue weighted by atomic mass is 19.4. The third-order valence-electron chi connectivity index (χ3n) is 2.46. The molecule has 1 heterocycles. The maximum absolute atomic E-state index is 12.8. The van der Waals surface area contributed by atoms with Gasteiger partial charge >= 0.3 is 6.18 Å². The lowest BCUT2D eigenvalue weighted by Crippen LogP contribution is -2.33. The molecule has 1 nitrogen and oxygen atoms in total. The number of halogens is 3. The van der Waals surface area contributed by atoms with E-state index in [1.54, 1.807) is 30.3 Å². The molecule has 0 aromatic heterocycles. The van der Waals surface area contributed by atoms with Crippen LogP contribution in [0.4, 0.5) is 13.2 Å². The van der Waals surface area contributed by atoms with Gasteiger partial charge in [0, 0.05) is 5.56 Å². The summed E-state index contributed by atoms with van der Waals surface area (Å²) in [6.45, 7) is 3.29. The van der Waals surface area contributed by atoms with Crippen LogP contribution in [0.1, 0.15) is 5.56 Å². The van der Waals surface area contributed by atoms with Crippen molar-refractivity contribution in [2.24, 2.45) is 0 Å². The van der Waals surface area contributed by atoms with Gasteiger partial charge < -0.3 is 4.74 Å². The highest BCUT2D eigenvalue weighted by Gasteiger charge is 2.72. The number of epoxide rings is 1. The number of alkyl halides is 3. The molecular formula is C13H9F3O. The molecule has 0 bridgehead atoms. The first-order valence-corrected chi connectivity index (χ1v) is 4.95. The van der Waals surface area contributed by atoms with Crippen LogP contribution in [0.2, 0.25) is 0 Å². The number of ether oxygens (including phenoxy) is 1. The number of hydrogen-bond acceptors (Lipinski definition) is 1. The first-order chi connectivity index (χ1) is 7.99. The molecule has 0 N–H and O–H groups in total. The van der Waals surface area contributed by atoms with Gasteiger partial charge in [0.1, 0.15) is 6.10 Å². The van der Waals surface area contributed by atoms with Gasteiger partial charge in [-0.25, -0.2) is 0 Å². The minimum absolute atomic E-state index is 0.523. The first kappa shape index (κ1) is 11.7. The summed E-state index contributed by atoms with van der Waals surface area (Å²) in [4.78, 5) is 0. The fraction of sp³-hybridized carbons (Fsp3) is 0.231. The lowest BCUT2D eigenvalue weighted by atomic mass is 10.0. The van der Waals surface area contributed by atoms with Gasteiger partial charge in [0.25, 0.3) is 5.60 Å². The van der Waals surface area contributed by atoms with Gasteiger partial charge in [0.15, 0.2) is 0 Å². The van der Waals surface area contributed by atoms with Crippen molar-refractivity contribution in [3.05, 3.63) is 48.6 Å². The zero-order valence-corrected chi connectivity index (χ0v) is 8.79. The molecule has 4 heteroatoms. The third-order valence-corrected chi connectivity index (χ3v) is 2.46. The maximum atomic E-state index is 12.8. The second-order valence-corrected chi connectivity index (χ2v) is 3.62. The molecule has 0 radical (unpaired) electrons. The Bertz CT molecular complexity index is 481. The van der Waals surface area contributed by atoms with Gasteiger partial charge in [-0.3, -0.25) is 0 Å². The summed E-state index contributed by atoms with van der Waals surface area (Å²) in [7, 11) is 0. The van der Waals surface area contributed by atoms with E-state index in [9.17, 15) is 13.2 Å². The van der Waals surface area contributed by atoms with Gasteiger partial charge in [0.05, 0.1) is 0 Å². The van der Waals surface area contributed by atoms with E-state index in [2.05, 4.69) is 23.2 Å². The molecule has 88 valence electrons. The highest BCUT2D eigenvalue weighted by molar-refractivity contribution is 5.41. The van der Waals surface area contributed by atoms with Crippen molar-refractivity contribution in [3.63, 3.8) is 0 Å². The quantitative estimate of drug-likeness (QED) is 0.416. The van der Waals surface area contributed by atoms with Crippen molar-refractivity contribution in [1.29, 1.82) is 0 Å². The average Bonchev–Trinajstić information content (AvgIpc) is 3.02. The van der Waals surface area contributed by atoms with E-state index >= 15 is 0 Å². The zero-order chi connectivity index (χ0) is 12.5. The fourth-order valence-electron chi connectivity index (χ4n) is 1.47. The smallest absolute Gasteiger partial charge is 0.339 e. The first-order valence-electron chi connectivity index (χ1n) is 4.95. The Morgan fingerprint density at radius 1 is 1.29 bits per heavy atom. The Balaban J connectivity index is 2.28. The molecule has 2 unspecified atom stereocenters. The van der Waals surface area contributed by atoms with E-state index < -0.39 is 17.9 Å². The van der Waals surface area contributed by atoms with Crippen LogP contribution in [0.5, 0.6) is 0 Å². The van der Waals surface area contributed by atoms with Crippen molar-refractivity contribution < 1.29 is 17.9 Å². The highest BCUT2D eigenvalue weighted by Crippen LogP contribution is 2.49. The number of benzene rings is 1. The van der Waals surface area contributed by atoms with Gasteiger partial charge in [-0.05, 0) is 18.1 Å². The second-order valence-electron chi connectivity index (χ2n) is 3.62. The van der Waals surface area contributed by atoms with Crippen LogP contribution >= 0.6 is 0 Å². The number of rotatable bonds is 1. The minimum Gasteiger partial charge on any atom is -0.339 e. The minimum atomic E-state index is -4.51. The maximum Gasteiger partial charge on any atom is 0.431 e. The van der Waals surface area contributed by atoms with Crippen LogP contribution in [0.25, 0.3) is 0 Å². The largest absolute Gasteiger partial charge is 0.431 e. The van der Waals surface area contributed by atoms with Crippen LogP contribution in [0.3, 0.4) is 0 Å². The molecule has 17 heavy (non-hydrogen) atoms. The molecule has 1 aliphatic rings. The van der Waals surface area contributed by atoms with E-state index in [-0.39, 0.29) is 0 Å². The Morgan fingerprint density at radius 2 is 1.94 bits per heavy atom. The lowest BCUT2D eigenvalue weighted by molar-refractivity contribution is -0.166. The summed E-state index contributed by atoms with van der Waals surface area (Å²) in [5, 5.41) is 0. The Morgan fingerprint density at radius 3 is 2.41 bits per heavy atom. The Kier molecular flexibility index (Phi) is 2.72. The van der Waals surface area contributed by atoms with E-state index in [1.165, 1.54) is 0 Å². The molecule has 0 aliphatic carbocycles. The topological polar surface area (TPSA) is 12.5 Å². The van der Waals surface area contributed by atoms with E-state index in [4.69, 9.17) is 0 Å². The van der Waals surface area contributed by atoms with Gasteiger partial charge in [-0.15, -0.1) is 6.58 Å². The molecule has 0 spiro atoms. The van der Waals surface area contributed by atoms with Crippen LogP contribution < -0.4 is 0 Å². The molecule has 2 rings (SSSR count). The Labute approximate surface area is 96.9 Å². The van der Waals surface area contributed by atoms with Gasteiger partial charge in [-0.2, -0.15) is 13.2 Å². The van der Waals surface area contributed by atoms with E-state index in [0.717, 1.165) is 6.08 Å². The SMILES string of the molecule is C=CC1OC1(C#Cc1ccccc1)C(F)(F)F. The predicted octanol–water partition coefficient (Wildman–Crippen LogP) is 2.92. The van der Waals surface area contributed by atoms with Gasteiger partial charge in [-0.1, -0.05) is 30.2 Å². The normalized spacial score (nSPS) is 26.9. The van der Waals surface area contributed by atoms with E-state index in [0.29, 0.717) is 5.56 Å². The summed E-state index contributed by atoms with van der Waals surface area (Å²) in [5.74, 6) is 4.63. The van der Waals surface area contributed by atoms with Crippen LogP contribution in [0.15, 0.2) is 43.0 Å². The summed E-state index contributed by atoms with van der Waals surface area (Å²) in [6, 6.07) is 8.47. The standard InChI is InChI=1S/C13H9F3O/c1-2-11-12(17-11,13(14,15)16)9-8-10-6-4-3-5-7-10/h2-7,11H,1H2. The molecule has 1 aromatic rings. The summed E-state index contributed by atoms with van der Waals surface area (Å²) < 4.78 is 42.9. The van der Waals surface area contributed by atoms with Crippen LogP contribution in [0, 0.1) is 11.8 Å². The second kappa shape index (κ2) is 3.94. The van der Waals surface area contributed by atoms with Gasteiger partial charge in [0.2, 0.25) is 0 Å². The molecule has 1 fully saturated rings. The molecule has 1 aliphatic heterocycles. The Hall–Kier alpha value is -1.73. The summed E-state index contributed by atoms with van der Waals surface area (Å²) in [5.41, 5.74) is -1.85. The molecule has 2 atom stereocenters. The van der Waals surface area contributed by atoms with Crippen molar-refractivity contribution >= 4 is 0 Å². The predicted molar refractivity (Wildman–Crippen MR) is 57.2 cm³/mol. The van der Waals surface area contributed by atoms with Crippen molar-refractivity contribution in [2.75, 3.05) is 0 Å². The average molecular weight is 238 g/mol. The molecule has 0 saturated carbocycles. The monoisotopic (exact) mass is 238 g/mol. The molecular weight excluding hydrogens is 229 g/mol. The van der Waals surface area contributed by atoms with Crippen molar-refractivity contribution in [1.82, 2.24) is 0 Å². The van der Waals surface area contributed by atoms with Crippen molar-refractivity contribution in [3.8, 4) is 11.8 Å².